The second-order valence-electron chi connectivity index (χ2n) is 8.76. The van der Waals surface area contributed by atoms with Gasteiger partial charge in [-0.1, -0.05) is 32.3 Å². The van der Waals surface area contributed by atoms with Crippen LogP contribution in [-0.2, 0) is 9.31 Å². The average molecular weight is 323 g/mol. The first-order chi connectivity index (χ1) is 10.3. The first-order valence-corrected chi connectivity index (χ1v) is 8.38. The molecule has 2 heterocycles. The van der Waals surface area contributed by atoms with Gasteiger partial charge in [0.25, 0.3) is 0 Å². The van der Waals surface area contributed by atoms with Gasteiger partial charge in [0.05, 0.1) is 11.2 Å². The van der Waals surface area contributed by atoms with Crippen LogP contribution in [-0.4, -0.2) is 47.0 Å². The summed E-state index contributed by atoms with van der Waals surface area (Å²) >= 11 is 0. The van der Waals surface area contributed by atoms with Crippen molar-refractivity contribution in [1.82, 2.24) is 4.90 Å². The summed E-state index contributed by atoms with van der Waals surface area (Å²) in [7, 11) is -0.355. The van der Waals surface area contributed by atoms with Crippen LogP contribution in [0.25, 0.3) is 0 Å². The van der Waals surface area contributed by atoms with E-state index in [9.17, 15) is 9.90 Å². The summed E-state index contributed by atoms with van der Waals surface area (Å²) in [6.07, 6.45) is 0.641. The Morgan fingerprint density at radius 2 is 1.78 bits per heavy atom. The second-order valence-corrected chi connectivity index (χ2v) is 8.76. The normalized spacial score (nSPS) is 29.2. The first-order valence-electron chi connectivity index (χ1n) is 8.38. The van der Waals surface area contributed by atoms with E-state index in [-0.39, 0.29) is 29.8 Å². The maximum atomic E-state index is 11.5. The van der Waals surface area contributed by atoms with Crippen LogP contribution in [0.1, 0.15) is 61.3 Å². The van der Waals surface area contributed by atoms with Gasteiger partial charge in [-0.3, -0.25) is 0 Å². The Kier molecular flexibility index (Phi) is 4.64. The molecule has 1 unspecified atom stereocenters. The molecule has 130 valence electrons. The van der Waals surface area contributed by atoms with Crippen molar-refractivity contribution in [3.8, 4) is 0 Å². The molecule has 5 nitrogen and oxygen atoms in total. The molecule has 23 heavy (non-hydrogen) atoms. The van der Waals surface area contributed by atoms with Crippen molar-refractivity contribution < 1.29 is 19.2 Å². The molecule has 0 bridgehead atoms. The average Bonchev–Trinajstić information content (AvgIpc) is 2.55. The highest BCUT2D eigenvalue weighted by Crippen LogP contribution is 2.39. The van der Waals surface area contributed by atoms with Gasteiger partial charge in [-0.05, 0) is 46.0 Å². The van der Waals surface area contributed by atoms with E-state index in [1.165, 1.54) is 5.57 Å². The fraction of sp³-hybridized carbons (Fsp3) is 0.824. The molecule has 0 radical (unpaired) electrons. The SMILES string of the molecule is CC(C)(C)C1C/C(=C\B2OC(C)(C)C(C)(C)O2)CCN1C(=O)O. The van der Waals surface area contributed by atoms with E-state index < -0.39 is 6.09 Å². The Balaban J connectivity index is 2.15. The molecular weight excluding hydrogens is 293 g/mol. The van der Waals surface area contributed by atoms with Gasteiger partial charge in [0.15, 0.2) is 0 Å². The molecule has 6 heteroatoms. The topological polar surface area (TPSA) is 59.0 Å². The van der Waals surface area contributed by atoms with E-state index in [4.69, 9.17) is 9.31 Å². The summed E-state index contributed by atoms with van der Waals surface area (Å²) in [5, 5.41) is 9.44. The van der Waals surface area contributed by atoms with E-state index >= 15 is 0 Å². The van der Waals surface area contributed by atoms with Crippen LogP contribution in [0.2, 0.25) is 0 Å². The third-order valence-corrected chi connectivity index (χ3v) is 5.39. The summed E-state index contributed by atoms with van der Waals surface area (Å²) in [5.41, 5.74) is 0.425. The van der Waals surface area contributed by atoms with Crippen molar-refractivity contribution in [3.05, 3.63) is 11.5 Å². The summed E-state index contributed by atoms with van der Waals surface area (Å²) in [6, 6.07) is -0.0255. The van der Waals surface area contributed by atoms with E-state index in [1.807, 2.05) is 27.7 Å². The highest BCUT2D eigenvalue weighted by atomic mass is 16.7. The van der Waals surface area contributed by atoms with Crippen molar-refractivity contribution in [2.24, 2.45) is 5.41 Å². The first kappa shape index (κ1) is 18.3. The molecule has 0 aromatic carbocycles. The predicted octanol–water partition coefficient (Wildman–Crippen LogP) is 3.73. The van der Waals surface area contributed by atoms with Gasteiger partial charge < -0.3 is 19.3 Å². The van der Waals surface area contributed by atoms with Crippen LogP contribution < -0.4 is 0 Å². The van der Waals surface area contributed by atoms with Gasteiger partial charge in [-0.15, -0.1) is 0 Å². The zero-order valence-electron chi connectivity index (χ0n) is 15.5. The fourth-order valence-electron chi connectivity index (χ4n) is 3.18. The molecule has 2 rings (SSSR count). The molecule has 0 saturated carbocycles. The zero-order valence-corrected chi connectivity index (χ0v) is 15.5. The van der Waals surface area contributed by atoms with Crippen LogP contribution in [0.5, 0.6) is 0 Å². The van der Waals surface area contributed by atoms with Gasteiger partial charge in [-0.2, -0.15) is 0 Å². The molecule has 2 fully saturated rings. The number of hydrogen-bond acceptors (Lipinski definition) is 3. The number of hydrogen-bond donors (Lipinski definition) is 1. The minimum Gasteiger partial charge on any atom is -0.465 e. The van der Waals surface area contributed by atoms with Crippen LogP contribution in [0.15, 0.2) is 11.5 Å². The Labute approximate surface area is 140 Å². The molecule has 2 aliphatic heterocycles. The predicted molar refractivity (Wildman–Crippen MR) is 91.4 cm³/mol. The number of piperidine rings is 1. The Morgan fingerprint density at radius 1 is 1.26 bits per heavy atom. The molecule has 2 aliphatic rings. The maximum Gasteiger partial charge on any atom is 0.487 e. The largest absolute Gasteiger partial charge is 0.487 e. The number of amides is 1. The van der Waals surface area contributed by atoms with E-state index in [1.54, 1.807) is 4.90 Å². The third-order valence-electron chi connectivity index (χ3n) is 5.39. The second kappa shape index (κ2) is 5.81. The van der Waals surface area contributed by atoms with E-state index in [0.717, 1.165) is 12.8 Å². The van der Waals surface area contributed by atoms with E-state index in [2.05, 4.69) is 26.7 Å². The number of carbonyl (C=O) groups is 1. The van der Waals surface area contributed by atoms with Gasteiger partial charge in [0.1, 0.15) is 0 Å². The number of nitrogens with zero attached hydrogens (tertiary/aromatic N) is 1. The number of rotatable bonds is 1. The molecule has 2 saturated heterocycles. The highest BCUT2D eigenvalue weighted by Gasteiger charge is 2.50. The minimum absolute atomic E-state index is 0.0255. The molecule has 0 aromatic heterocycles. The summed E-state index contributed by atoms with van der Waals surface area (Å²) in [6.45, 7) is 14.9. The van der Waals surface area contributed by atoms with Crippen molar-refractivity contribution in [1.29, 1.82) is 0 Å². The lowest BCUT2D eigenvalue weighted by Gasteiger charge is -2.42. The summed E-state index contributed by atoms with van der Waals surface area (Å²) in [4.78, 5) is 13.1. The highest BCUT2D eigenvalue weighted by molar-refractivity contribution is 6.51. The van der Waals surface area contributed by atoms with Gasteiger partial charge in [0.2, 0.25) is 0 Å². The van der Waals surface area contributed by atoms with E-state index in [0.29, 0.717) is 6.54 Å². The lowest BCUT2D eigenvalue weighted by molar-refractivity contribution is 0.00578. The van der Waals surface area contributed by atoms with Crippen LogP contribution in [0.4, 0.5) is 4.79 Å². The molecule has 1 N–H and O–H groups in total. The standard InChI is InChI=1S/C17H30BNO4/c1-15(2,3)13-10-12(8-9-19(13)14(20)21)11-18-22-16(4,5)17(6,7)23-18/h11,13H,8-10H2,1-7H3,(H,20,21)/b12-11-. The molecule has 1 atom stereocenters. The number of likely N-dealkylation sites (tertiary alicyclic amines) is 1. The van der Waals surface area contributed by atoms with Gasteiger partial charge >= 0.3 is 13.2 Å². The Morgan fingerprint density at radius 3 is 2.22 bits per heavy atom. The van der Waals surface area contributed by atoms with Crippen LogP contribution >= 0.6 is 0 Å². The maximum absolute atomic E-state index is 11.5. The lowest BCUT2D eigenvalue weighted by Crippen LogP contribution is -2.50. The minimum atomic E-state index is -0.834. The lowest BCUT2D eigenvalue weighted by atomic mass is 9.76. The van der Waals surface area contributed by atoms with Crippen molar-refractivity contribution in [2.75, 3.05) is 6.54 Å². The summed E-state index contributed by atoms with van der Waals surface area (Å²) < 4.78 is 12.1. The van der Waals surface area contributed by atoms with Crippen LogP contribution in [0, 0.1) is 5.41 Å². The quantitative estimate of drug-likeness (QED) is 0.747. The van der Waals surface area contributed by atoms with Gasteiger partial charge in [0, 0.05) is 12.6 Å². The molecule has 0 aliphatic carbocycles. The van der Waals surface area contributed by atoms with Crippen molar-refractivity contribution in [2.45, 2.75) is 78.6 Å². The molecular formula is C17H30BNO4. The molecule has 0 aromatic rings. The van der Waals surface area contributed by atoms with Crippen molar-refractivity contribution >= 4 is 13.2 Å². The monoisotopic (exact) mass is 323 g/mol. The van der Waals surface area contributed by atoms with Crippen molar-refractivity contribution in [3.63, 3.8) is 0 Å². The number of carboxylic acid groups (broad SMARTS) is 1. The third kappa shape index (κ3) is 3.74. The summed E-state index contributed by atoms with van der Waals surface area (Å²) in [5.74, 6) is 2.05. The smallest absolute Gasteiger partial charge is 0.465 e. The zero-order chi connectivity index (χ0) is 17.6. The van der Waals surface area contributed by atoms with Gasteiger partial charge in [-0.25, -0.2) is 4.79 Å². The molecule has 0 spiro atoms. The Hall–Kier alpha value is -1.01. The van der Waals surface area contributed by atoms with Crippen LogP contribution in [0.3, 0.4) is 0 Å². The Bertz CT molecular complexity index is 491. The molecule has 1 amide bonds. The fourth-order valence-corrected chi connectivity index (χ4v) is 3.18.